The van der Waals surface area contributed by atoms with Gasteiger partial charge in [-0.1, -0.05) is 25.1 Å². The lowest BCUT2D eigenvalue weighted by Crippen LogP contribution is -2.37. The Morgan fingerprint density at radius 2 is 2.05 bits per heavy atom. The van der Waals surface area contributed by atoms with E-state index in [0.29, 0.717) is 0 Å². The van der Waals surface area contributed by atoms with Gasteiger partial charge < -0.3 is 10.1 Å². The molecule has 2 fully saturated rings. The van der Waals surface area contributed by atoms with E-state index < -0.39 is 0 Å². The van der Waals surface area contributed by atoms with E-state index in [1.165, 1.54) is 25.1 Å². The molecular weight excluding hydrogens is 307 g/mol. The summed E-state index contributed by atoms with van der Waals surface area (Å²) in [5, 5.41) is 3.50. The molecule has 0 aliphatic carbocycles. The fraction of sp³-hybridized carbons (Fsp3) is 0.625. The number of aryl methyl sites for hydroxylation is 1. The van der Waals surface area contributed by atoms with Crippen molar-refractivity contribution < 1.29 is 4.74 Å². The van der Waals surface area contributed by atoms with Gasteiger partial charge in [-0.2, -0.15) is 0 Å². The van der Waals surface area contributed by atoms with Gasteiger partial charge in [0.1, 0.15) is 12.4 Å². The number of nitrogens with zero attached hydrogens (tertiary/aromatic N) is 1. The Kier molecular flexibility index (Phi) is 7.82. The molecule has 0 radical (unpaired) electrons. The molecule has 1 aromatic carbocycles. The molecule has 2 saturated heterocycles. The van der Waals surface area contributed by atoms with Crippen LogP contribution in [0.5, 0.6) is 5.75 Å². The Bertz CT molecular complexity index is 430. The normalized spacial score (nSPS) is 24.0. The van der Waals surface area contributed by atoms with Crippen LogP contribution < -0.4 is 10.1 Å². The molecule has 5 heteroatoms. The maximum absolute atomic E-state index is 5.98. The smallest absolute Gasteiger partial charge is 0.122 e. The van der Waals surface area contributed by atoms with Gasteiger partial charge in [-0.05, 0) is 43.5 Å². The molecule has 3 rings (SSSR count). The van der Waals surface area contributed by atoms with Crippen LogP contribution in [0.15, 0.2) is 24.3 Å². The molecule has 21 heavy (non-hydrogen) atoms. The largest absolute Gasteiger partial charge is 0.492 e. The lowest BCUT2D eigenvalue weighted by Gasteiger charge is -2.23. The summed E-state index contributed by atoms with van der Waals surface area (Å²) >= 11 is 0. The standard InChI is InChI=1S/C16H24N2O.2ClH/c1-2-13-5-3-4-6-16(13)19-10-9-18-8-7-14-11-17-12-15(14)18;;/h3-6,14-15,17H,2,7-12H2,1H3;2*1H/t14-,15+;;/m0../s1. The molecule has 0 unspecified atom stereocenters. The molecule has 0 amide bonds. The number of likely N-dealkylation sites (tertiary alicyclic amines) is 1. The van der Waals surface area contributed by atoms with Crippen molar-refractivity contribution in [3.05, 3.63) is 29.8 Å². The zero-order valence-corrected chi connectivity index (χ0v) is 14.2. The number of fused-ring (bicyclic) bond motifs is 1. The summed E-state index contributed by atoms with van der Waals surface area (Å²) in [6, 6.07) is 9.14. The van der Waals surface area contributed by atoms with Crippen molar-refractivity contribution in [1.82, 2.24) is 10.2 Å². The molecule has 3 nitrogen and oxygen atoms in total. The minimum absolute atomic E-state index is 0. The van der Waals surface area contributed by atoms with Gasteiger partial charge in [0.25, 0.3) is 0 Å². The number of halogens is 2. The fourth-order valence-corrected chi connectivity index (χ4v) is 3.43. The van der Waals surface area contributed by atoms with Crippen LogP contribution in [-0.2, 0) is 6.42 Å². The zero-order valence-electron chi connectivity index (χ0n) is 12.6. The van der Waals surface area contributed by atoms with Crippen LogP contribution in [0.4, 0.5) is 0 Å². The predicted molar refractivity (Wildman–Crippen MR) is 92.1 cm³/mol. The molecule has 0 spiro atoms. The van der Waals surface area contributed by atoms with E-state index in [0.717, 1.165) is 43.8 Å². The molecule has 0 bridgehead atoms. The Labute approximate surface area is 140 Å². The first kappa shape index (κ1) is 18.6. The summed E-state index contributed by atoms with van der Waals surface area (Å²) < 4.78 is 5.98. The Balaban J connectivity index is 0.00000110. The van der Waals surface area contributed by atoms with E-state index in [1.807, 2.05) is 0 Å². The molecule has 2 aliphatic rings. The summed E-state index contributed by atoms with van der Waals surface area (Å²) in [7, 11) is 0. The summed E-state index contributed by atoms with van der Waals surface area (Å²) in [5.41, 5.74) is 1.31. The van der Waals surface area contributed by atoms with E-state index in [1.54, 1.807) is 0 Å². The van der Waals surface area contributed by atoms with Crippen LogP contribution in [0.25, 0.3) is 0 Å². The van der Waals surface area contributed by atoms with E-state index >= 15 is 0 Å². The summed E-state index contributed by atoms with van der Waals surface area (Å²) in [4.78, 5) is 2.60. The van der Waals surface area contributed by atoms with Crippen LogP contribution in [0.1, 0.15) is 18.9 Å². The molecule has 0 saturated carbocycles. The van der Waals surface area contributed by atoms with Crippen LogP contribution in [0.2, 0.25) is 0 Å². The third-order valence-electron chi connectivity index (χ3n) is 4.55. The second-order valence-corrected chi connectivity index (χ2v) is 5.62. The lowest BCUT2D eigenvalue weighted by atomic mass is 10.1. The molecule has 1 aromatic rings. The van der Waals surface area contributed by atoms with Gasteiger partial charge in [0, 0.05) is 19.1 Å². The van der Waals surface area contributed by atoms with Crippen LogP contribution in [-0.4, -0.2) is 43.7 Å². The molecular formula is C16H26Cl2N2O. The molecule has 120 valence electrons. The number of para-hydroxylation sites is 1. The second kappa shape index (κ2) is 8.84. The number of rotatable bonds is 5. The Morgan fingerprint density at radius 3 is 2.86 bits per heavy atom. The Morgan fingerprint density at radius 1 is 1.24 bits per heavy atom. The topological polar surface area (TPSA) is 24.5 Å². The first-order valence-corrected chi connectivity index (χ1v) is 7.54. The fourth-order valence-electron chi connectivity index (χ4n) is 3.43. The highest BCUT2D eigenvalue weighted by molar-refractivity contribution is 5.85. The summed E-state index contributed by atoms with van der Waals surface area (Å²) in [6.45, 7) is 7.66. The average molecular weight is 333 g/mol. The van der Waals surface area contributed by atoms with Crippen molar-refractivity contribution in [1.29, 1.82) is 0 Å². The summed E-state index contributed by atoms with van der Waals surface area (Å²) in [6.07, 6.45) is 2.39. The van der Waals surface area contributed by atoms with Gasteiger partial charge in [0.15, 0.2) is 0 Å². The zero-order chi connectivity index (χ0) is 13.1. The number of hydrogen-bond donors (Lipinski definition) is 1. The molecule has 1 N–H and O–H groups in total. The third kappa shape index (κ3) is 4.26. The lowest BCUT2D eigenvalue weighted by molar-refractivity contribution is 0.195. The monoisotopic (exact) mass is 332 g/mol. The van der Waals surface area contributed by atoms with Crippen molar-refractivity contribution in [2.75, 3.05) is 32.8 Å². The van der Waals surface area contributed by atoms with E-state index in [4.69, 9.17) is 4.74 Å². The predicted octanol–water partition coefficient (Wildman–Crippen LogP) is 2.77. The van der Waals surface area contributed by atoms with Crippen LogP contribution in [0.3, 0.4) is 0 Å². The molecule has 2 heterocycles. The SMILES string of the molecule is CCc1ccccc1OCCN1CC[C@H]2CNC[C@H]21.Cl.Cl. The van der Waals surface area contributed by atoms with Gasteiger partial charge in [-0.15, -0.1) is 24.8 Å². The number of benzene rings is 1. The maximum Gasteiger partial charge on any atom is 0.122 e. The molecule has 2 aliphatic heterocycles. The highest BCUT2D eigenvalue weighted by Crippen LogP contribution is 2.26. The second-order valence-electron chi connectivity index (χ2n) is 5.62. The highest BCUT2D eigenvalue weighted by Gasteiger charge is 2.36. The summed E-state index contributed by atoms with van der Waals surface area (Å²) in [5.74, 6) is 1.94. The van der Waals surface area contributed by atoms with Gasteiger partial charge in [0.05, 0.1) is 0 Å². The van der Waals surface area contributed by atoms with Crippen molar-refractivity contribution in [2.45, 2.75) is 25.8 Å². The van der Waals surface area contributed by atoms with Gasteiger partial charge >= 0.3 is 0 Å². The van der Waals surface area contributed by atoms with Crippen LogP contribution in [0, 0.1) is 5.92 Å². The van der Waals surface area contributed by atoms with Crippen molar-refractivity contribution in [3.8, 4) is 5.75 Å². The van der Waals surface area contributed by atoms with E-state index in [2.05, 4.69) is 41.4 Å². The van der Waals surface area contributed by atoms with Gasteiger partial charge in [-0.25, -0.2) is 0 Å². The van der Waals surface area contributed by atoms with Crippen molar-refractivity contribution in [3.63, 3.8) is 0 Å². The average Bonchev–Trinajstić information content (AvgIpc) is 3.04. The van der Waals surface area contributed by atoms with E-state index in [9.17, 15) is 0 Å². The minimum atomic E-state index is 0. The first-order valence-electron chi connectivity index (χ1n) is 7.54. The minimum Gasteiger partial charge on any atom is -0.492 e. The first-order chi connectivity index (χ1) is 9.38. The Hall–Kier alpha value is -0.480. The quantitative estimate of drug-likeness (QED) is 0.897. The number of ether oxygens (including phenoxy) is 1. The van der Waals surface area contributed by atoms with Crippen molar-refractivity contribution in [2.24, 2.45) is 5.92 Å². The molecule has 2 atom stereocenters. The van der Waals surface area contributed by atoms with Crippen LogP contribution >= 0.6 is 24.8 Å². The maximum atomic E-state index is 5.98. The van der Waals surface area contributed by atoms with Gasteiger partial charge in [0.2, 0.25) is 0 Å². The van der Waals surface area contributed by atoms with E-state index in [-0.39, 0.29) is 24.8 Å². The highest BCUT2D eigenvalue weighted by atomic mass is 35.5. The number of nitrogens with one attached hydrogen (secondary N) is 1. The number of hydrogen-bond acceptors (Lipinski definition) is 3. The van der Waals surface area contributed by atoms with Gasteiger partial charge in [-0.3, -0.25) is 4.90 Å². The molecule has 0 aromatic heterocycles. The third-order valence-corrected chi connectivity index (χ3v) is 4.55. The van der Waals surface area contributed by atoms with Crippen molar-refractivity contribution >= 4 is 24.8 Å².